The van der Waals surface area contributed by atoms with E-state index in [9.17, 15) is 27.9 Å². The van der Waals surface area contributed by atoms with Crippen LogP contribution in [0.15, 0.2) is 29.9 Å². The van der Waals surface area contributed by atoms with Crippen molar-refractivity contribution >= 4 is 45.6 Å². The zero-order chi connectivity index (χ0) is 35.0. The number of carbonyl (C=O) groups is 3. The average Bonchev–Trinajstić information content (AvgIpc) is 3.47. The molecule has 2 aliphatic rings. The molecule has 264 valence electrons. The van der Waals surface area contributed by atoms with Crippen LogP contribution in [0.4, 0.5) is 9.18 Å². The molecule has 2 aromatic rings. The minimum absolute atomic E-state index is 0.0402. The summed E-state index contributed by atoms with van der Waals surface area (Å²) < 4.78 is 46.6. The van der Waals surface area contributed by atoms with Gasteiger partial charge in [0, 0.05) is 38.5 Å². The number of aliphatic hydroxyl groups excluding tert-OH is 1. The highest BCUT2D eigenvalue weighted by molar-refractivity contribution is 7.91. The van der Waals surface area contributed by atoms with Crippen molar-refractivity contribution in [2.24, 2.45) is 17.8 Å². The second-order valence-electron chi connectivity index (χ2n) is 13.3. The normalized spacial score (nSPS) is 21.1. The van der Waals surface area contributed by atoms with Gasteiger partial charge >= 0.3 is 6.09 Å². The third-order valence-electron chi connectivity index (χ3n) is 9.54. The smallest absolute Gasteiger partial charge is 0.410 e. The molecule has 2 aliphatic heterocycles. The second-order valence-corrected chi connectivity index (χ2v) is 15.6. The molecule has 4 rings (SSSR count). The number of likely N-dealkylation sites (N-methyl/N-ethyl adjacent to an activating group) is 1. The third-order valence-corrected chi connectivity index (χ3v) is 11.3. The zero-order valence-corrected chi connectivity index (χ0v) is 29.0. The molecule has 0 spiro atoms. The molecule has 14 heteroatoms. The van der Waals surface area contributed by atoms with Crippen LogP contribution < -0.4 is 0 Å². The van der Waals surface area contributed by atoms with Gasteiger partial charge < -0.3 is 29.2 Å². The summed E-state index contributed by atoms with van der Waals surface area (Å²) in [6, 6.07) is 2.88. The lowest BCUT2D eigenvalue weighted by Gasteiger charge is -2.33. The van der Waals surface area contributed by atoms with Gasteiger partial charge in [-0.1, -0.05) is 36.8 Å². The minimum atomic E-state index is -3.08. The number of hydrogen-bond donors (Lipinski definition) is 1. The molecule has 48 heavy (non-hydrogen) atoms. The molecule has 0 saturated carbocycles. The number of sulfone groups is 1. The fourth-order valence-corrected chi connectivity index (χ4v) is 7.74. The molecular weight excluding hydrogens is 641 g/mol. The van der Waals surface area contributed by atoms with Crippen molar-refractivity contribution in [2.45, 2.75) is 71.1 Å². The van der Waals surface area contributed by atoms with Crippen molar-refractivity contribution in [1.29, 1.82) is 0 Å². The summed E-state index contributed by atoms with van der Waals surface area (Å²) in [6.07, 6.45) is 6.77. The predicted octanol–water partition coefficient (Wildman–Crippen LogP) is 3.85. The maximum Gasteiger partial charge on any atom is 0.410 e. The molecule has 0 aliphatic carbocycles. The standard InChI is InChI=1S/C34H48FN5O7S/c1-23(6-8-32(24(2)5-7-28(43)9-16-41)47-34(44)39-14-12-38(4)13-15-39)29(22-42)25(3)19-26-20-30(35)33-31(21-26)40(37-36-33)27-10-17-48(45,46)18-11-27/h6,8,16,19-24,27-29,32,43H,5,7,9-15,17-18H2,1-4H3/b8-6+,25-19+/t23-,24-,28+,29-,32-/m0/s1. The fourth-order valence-electron chi connectivity index (χ4n) is 6.28. The topological polar surface area (TPSA) is 152 Å². The van der Waals surface area contributed by atoms with E-state index >= 15 is 4.39 Å². The van der Waals surface area contributed by atoms with Crippen molar-refractivity contribution in [3.8, 4) is 0 Å². The molecule has 2 fully saturated rings. The number of allylic oxidation sites excluding steroid dienone is 2. The Balaban J connectivity index is 1.51. The van der Waals surface area contributed by atoms with Crippen LogP contribution in [0, 0.1) is 23.6 Å². The molecule has 0 radical (unpaired) electrons. The fraction of sp³-hybridized carbons (Fsp3) is 0.618. The van der Waals surface area contributed by atoms with E-state index in [2.05, 4.69) is 15.2 Å². The Morgan fingerprint density at radius 3 is 2.44 bits per heavy atom. The van der Waals surface area contributed by atoms with E-state index in [1.54, 1.807) is 34.7 Å². The number of halogens is 1. The number of rotatable bonds is 14. The Hall–Kier alpha value is -3.49. The van der Waals surface area contributed by atoms with E-state index < -0.39 is 39.9 Å². The summed E-state index contributed by atoms with van der Waals surface area (Å²) >= 11 is 0. The molecule has 12 nitrogen and oxygen atoms in total. The number of aldehydes is 2. The summed E-state index contributed by atoms with van der Waals surface area (Å²) in [6.45, 7) is 8.19. The molecule has 0 unspecified atom stereocenters. The number of carbonyl (C=O) groups excluding carboxylic acids is 3. The first-order valence-corrected chi connectivity index (χ1v) is 18.5. The lowest BCUT2D eigenvalue weighted by Crippen LogP contribution is -2.48. The molecular formula is C34H48FN5O7S. The summed E-state index contributed by atoms with van der Waals surface area (Å²) in [5.41, 5.74) is 1.78. The molecule has 5 atom stereocenters. The molecule has 2 saturated heterocycles. The lowest BCUT2D eigenvalue weighted by molar-refractivity contribution is -0.111. The Bertz CT molecular complexity index is 1590. The number of ether oxygens (including phenoxy) is 1. The van der Waals surface area contributed by atoms with Gasteiger partial charge in [0.25, 0.3) is 0 Å². The first kappa shape index (κ1) is 37.3. The van der Waals surface area contributed by atoms with E-state index in [1.165, 1.54) is 6.07 Å². The maximum atomic E-state index is 15.1. The Morgan fingerprint density at radius 1 is 1.10 bits per heavy atom. The van der Waals surface area contributed by atoms with E-state index in [0.29, 0.717) is 61.7 Å². The van der Waals surface area contributed by atoms with Gasteiger partial charge in [-0.3, -0.25) is 0 Å². The quantitative estimate of drug-likeness (QED) is 0.229. The number of benzene rings is 1. The van der Waals surface area contributed by atoms with Crippen molar-refractivity contribution in [3.05, 3.63) is 41.2 Å². The molecule has 1 aromatic heterocycles. The van der Waals surface area contributed by atoms with Crippen molar-refractivity contribution < 1.29 is 37.0 Å². The predicted molar refractivity (Wildman–Crippen MR) is 180 cm³/mol. The Kier molecular flexibility index (Phi) is 13.0. The molecule has 1 amide bonds. The molecule has 1 aromatic carbocycles. The lowest BCUT2D eigenvalue weighted by atomic mass is 9.86. The van der Waals surface area contributed by atoms with Crippen LogP contribution in [0.3, 0.4) is 0 Å². The molecule has 1 N–H and O–H groups in total. The van der Waals surface area contributed by atoms with Gasteiger partial charge in [-0.2, -0.15) is 0 Å². The average molecular weight is 690 g/mol. The van der Waals surface area contributed by atoms with Gasteiger partial charge in [0.05, 0.1) is 29.2 Å². The van der Waals surface area contributed by atoms with Crippen LogP contribution in [0.25, 0.3) is 17.1 Å². The number of fused-ring (bicyclic) bond motifs is 1. The van der Waals surface area contributed by atoms with E-state index in [0.717, 1.165) is 19.4 Å². The largest absolute Gasteiger partial charge is 0.442 e. The van der Waals surface area contributed by atoms with Crippen LogP contribution in [0.5, 0.6) is 0 Å². The first-order chi connectivity index (χ1) is 22.8. The van der Waals surface area contributed by atoms with Gasteiger partial charge in [-0.05, 0) is 75.3 Å². The highest BCUT2D eigenvalue weighted by atomic mass is 32.2. The zero-order valence-electron chi connectivity index (χ0n) is 28.2. The van der Waals surface area contributed by atoms with Crippen molar-refractivity contribution in [3.63, 3.8) is 0 Å². The summed E-state index contributed by atoms with van der Waals surface area (Å²) in [5.74, 6) is -1.51. The summed E-state index contributed by atoms with van der Waals surface area (Å²) in [5, 5.41) is 18.2. The van der Waals surface area contributed by atoms with Gasteiger partial charge in [-0.25, -0.2) is 22.3 Å². The summed E-state index contributed by atoms with van der Waals surface area (Å²) in [4.78, 5) is 40.1. The first-order valence-electron chi connectivity index (χ1n) is 16.6. The van der Waals surface area contributed by atoms with Crippen molar-refractivity contribution in [2.75, 3.05) is 44.7 Å². The van der Waals surface area contributed by atoms with Crippen molar-refractivity contribution in [1.82, 2.24) is 24.8 Å². The van der Waals surface area contributed by atoms with E-state index in [4.69, 9.17) is 4.74 Å². The SMILES string of the molecule is C/C(=C\c1cc(F)c2nnn(C3CCS(=O)(=O)CC3)c2c1)[C@@H](C=O)[C@@H](C)/C=C/[C@H](OC(=O)N1CCN(C)CC1)[C@@H](C)CC[C@@H](O)CC=O. The van der Waals surface area contributed by atoms with Gasteiger partial charge in [0.1, 0.15) is 34.0 Å². The number of piperazine rings is 1. The maximum absolute atomic E-state index is 15.1. The number of nitrogens with zero attached hydrogens (tertiary/aromatic N) is 5. The summed E-state index contributed by atoms with van der Waals surface area (Å²) in [7, 11) is -1.09. The number of hydrogen-bond acceptors (Lipinski definition) is 10. The van der Waals surface area contributed by atoms with Gasteiger partial charge in [0.2, 0.25) is 0 Å². The van der Waals surface area contributed by atoms with Crippen LogP contribution in [-0.4, -0.2) is 114 Å². The van der Waals surface area contributed by atoms with Gasteiger partial charge in [0.15, 0.2) is 5.82 Å². The van der Waals surface area contributed by atoms with Crippen LogP contribution in [-0.2, 0) is 24.2 Å². The second kappa shape index (κ2) is 16.8. The van der Waals surface area contributed by atoms with Crippen LogP contribution >= 0.6 is 0 Å². The highest BCUT2D eigenvalue weighted by Gasteiger charge is 2.28. The number of amides is 1. The number of aliphatic hydroxyl groups is 1. The number of aromatic nitrogens is 3. The Morgan fingerprint density at radius 2 is 1.79 bits per heavy atom. The van der Waals surface area contributed by atoms with Crippen LogP contribution in [0.2, 0.25) is 0 Å². The monoisotopic (exact) mass is 689 g/mol. The van der Waals surface area contributed by atoms with Crippen LogP contribution in [0.1, 0.15) is 64.5 Å². The van der Waals surface area contributed by atoms with E-state index in [1.807, 2.05) is 27.0 Å². The third kappa shape index (κ3) is 9.79. The highest BCUT2D eigenvalue weighted by Crippen LogP contribution is 2.30. The van der Waals surface area contributed by atoms with E-state index in [-0.39, 0.29) is 41.3 Å². The molecule has 3 heterocycles. The Labute approximate surface area is 281 Å². The van der Waals surface area contributed by atoms with Gasteiger partial charge in [-0.15, -0.1) is 5.10 Å². The molecule has 0 bridgehead atoms. The minimum Gasteiger partial charge on any atom is -0.442 e.